The van der Waals surface area contributed by atoms with Crippen molar-refractivity contribution in [1.82, 2.24) is 0 Å². The fraction of sp³-hybridized carbons (Fsp3) is 0. The van der Waals surface area contributed by atoms with Gasteiger partial charge in [0.1, 0.15) is 11.1 Å². The van der Waals surface area contributed by atoms with Gasteiger partial charge in [0, 0.05) is 7.80 Å². The Morgan fingerprint density at radius 1 is 0.576 bits per heavy atom. The van der Waals surface area contributed by atoms with Crippen LogP contribution in [0.25, 0.3) is 0 Å². The van der Waals surface area contributed by atoms with E-state index in [4.69, 9.17) is 0 Å². The number of hydrogen-bond acceptors (Lipinski definition) is 4. The predicted octanol–water partition coefficient (Wildman–Crippen LogP) is 4.41. The molecule has 0 aliphatic carbocycles. The van der Waals surface area contributed by atoms with Crippen molar-refractivity contribution in [2.45, 2.75) is 0 Å². The summed E-state index contributed by atoms with van der Waals surface area (Å²) in [5.41, 5.74) is -4.52. The normalized spacial score (nSPS) is 11.0. The molecule has 0 aromatic heterocycles. The highest BCUT2D eigenvalue weighted by molar-refractivity contribution is 8.23. The topological polar surface area (TPSA) is 84.1 Å². The van der Waals surface area contributed by atoms with Crippen LogP contribution in [0.15, 0.2) is 0 Å². The lowest BCUT2D eigenvalue weighted by Gasteiger charge is -2.09. The van der Waals surface area contributed by atoms with Gasteiger partial charge in [-0.25, -0.2) is 67.5 Å². The molecule has 33 heavy (non-hydrogen) atoms. The van der Waals surface area contributed by atoms with Crippen molar-refractivity contribution < 1.29 is 72.9 Å². The van der Waals surface area contributed by atoms with Gasteiger partial charge in [0.2, 0.25) is 11.6 Å². The first-order chi connectivity index (χ1) is 14.6. The van der Waals surface area contributed by atoms with Gasteiger partial charge in [0.05, 0.1) is 0 Å². The van der Waals surface area contributed by atoms with E-state index in [2.05, 4.69) is 17.3 Å². The maximum Gasteiger partial charge on any atom is 0.392 e. The highest BCUT2D eigenvalue weighted by Gasteiger charge is 2.34. The van der Waals surface area contributed by atoms with Gasteiger partial charge in [0.25, 0.3) is 0 Å². The molecule has 2 atom stereocenters. The molecule has 0 spiro atoms. The van der Waals surface area contributed by atoms with Crippen LogP contribution >= 0.6 is 16.7 Å². The van der Waals surface area contributed by atoms with Crippen molar-refractivity contribution in [3.8, 4) is 0 Å². The summed E-state index contributed by atoms with van der Waals surface area (Å²) < 4.78 is 142. The fourth-order valence-electron chi connectivity index (χ4n) is 1.73. The Kier molecular flexibility index (Phi) is 11.2. The molecule has 0 aliphatic heterocycles. The quantitative estimate of drug-likeness (QED) is 0.109. The second-order valence-corrected chi connectivity index (χ2v) is 7.14. The summed E-state index contributed by atoms with van der Waals surface area (Å²) in [6, 6.07) is 0. The maximum atomic E-state index is 13.4. The Bertz CT molecular complexity index is 944. The van der Waals surface area contributed by atoms with E-state index in [0.29, 0.717) is 0 Å². The van der Waals surface area contributed by atoms with Crippen LogP contribution in [0.1, 0.15) is 20.7 Å². The van der Waals surface area contributed by atoms with Gasteiger partial charge in [-0.2, -0.15) is 0 Å². The molecule has 0 bridgehead atoms. The Morgan fingerprint density at radius 2 is 0.727 bits per heavy atom. The lowest BCUT2D eigenvalue weighted by Crippen LogP contribution is -2.20. The first kappa shape index (κ1) is 30.5. The molecule has 0 heterocycles. The summed E-state index contributed by atoms with van der Waals surface area (Å²) in [6.07, 6.45) is 0. The van der Waals surface area contributed by atoms with E-state index in [9.17, 15) is 57.7 Å². The number of benzene rings is 2. The number of hydrogen-bond donors (Lipinski definition) is 0. The average Bonchev–Trinajstić information content (AvgIpc) is 2.71. The number of halogens is 11. The van der Waals surface area contributed by atoms with E-state index in [-0.39, 0.29) is 5.48 Å². The molecule has 2 aromatic carbocycles. The molecule has 0 saturated heterocycles. The van der Waals surface area contributed by atoms with Gasteiger partial charge in [-0.1, -0.05) is 8.93 Å². The average molecular weight is 534 g/mol. The molecule has 2 rings (SSSR count). The van der Waals surface area contributed by atoms with Crippen molar-refractivity contribution in [3.63, 3.8) is 0 Å². The van der Waals surface area contributed by atoms with Crippen molar-refractivity contribution in [2.24, 2.45) is 0 Å². The van der Waals surface area contributed by atoms with Crippen LogP contribution in [0, 0.1) is 58.2 Å². The van der Waals surface area contributed by atoms with Crippen LogP contribution in [0.3, 0.4) is 0 Å². The van der Waals surface area contributed by atoms with Gasteiger partial charge in [-0.05, 0) is 0 Å². The van der Waals surface area contributed by atoms with Crippen molar-refractivity contribution in [2.75, 3.05) is 0 Å². The maximum absolute atomic E-state index is 13.4. The van der Waals surface area contributed by atoms with E-state index >= 15 is 0 Å². The molecule has 2 aromatic rings. The van der Waals surface area contributed by atoms with Gasteiger partial charge in [0.15, 0.2) is 54.1 Å². The molecular formula is C14H4BF11O5P2. The van der Waals surface area contributed by atoms with E-state index < -0.39 is 89.0 Å². The summed E-state index contributed by atoms with van der Waals surface area (Å²) >= 11 is 0. The van der Waals surface area contributed by atoms with Crippen LogP contribution in [-0.4, -0.2) is 25.0 Å². The third-order valence-electron chi connectivity index (χ3n) is 3.02. The van der Waals surface area contributed by atoms with E-state index in [1.54, 1.807) is 0 Å². The van der Waals surface area contributed by atoms with Gasteiger partial charge >= 0.3 is 11.9 Å². The minimum absolute atomic E-state index is 0. The Balaban J connectivity index is 0.00000189. The lowest BCUT2D eigenvalue weighted by molar-refractivity contribution is -0.188. The van der Waals surface area contributed by atoms with Crippen LogP contribution in [0.2, 0.25) is 0 Å². The van der Waals surface area contributed by atoms with Crippen molar-refractivity contribution >= 4 is 36.2 Å². The molecule has 5 nitrogen and oxygen atoms in total. The molecule has 0 fully saturated rings. The van der Waals surface area contributed by atoms with E-state index in [1.165, 1.54) is 0 Å². The van der Waals surface area contributed by atoms with E-state index in [1.807, 2.05) is 8.93 Å². The standard InChI is InChI=1S/C14F10O4.BFH2P2.H2O/c15-3-1(4(16)8(20)11(23)7(3)19)13(25)27-28-14(26)2-5(17)9(21)12(24)10(22)6(2)18;1-4(2)3;/h;3H2;1H2. The highest BCUT2D eigenvalue weighted by Crippen LogP contribution is 2.39. The summed E-state index contributed by atoms with van der Waals surface area (Å²) in [4.78, 5) is 29.5. The second-order valence-electron chi connectivity index (χ2n) is 4.98. The SMILES string of the molecule is O.O=C(OOC(=O)c1c(F)c(F)c(F)c(F)c1F)c1c(F)c(F)c(F)c(F)c1F.[B]P(F)P. The zero-order chi connectivity index (χ0) is 25.1. The second kappa shape index (κ2) is 12.1. The molecule has 2 radical (unpaired) electrons. The van der Waals surface area contributed by atoms with Gasteiger partial charge < -0.3 is 5.48 Å². The summed E-state index contributed by atoms with van der Waals surface area (Å²) in [7, 11) is 4.60. The molecule has 2 unspecified atom stereocenters. The third-order valence-corrected chi connectivity index (χ3v) is 3.02. The van der Waals surface area contributed by atoms with Crippen LogP contribution in [-0.2, 0) is 9.78 Å². The summed E-state index contributed by atoms with van der Waals surface area (Å²) in [5.74, 6) is -31.6. The lowest BCUT2D eigenvalue weighted by atomic mass is 10.1. The molecule has 0 saturated carbocycles. The predicted molar refractivity (Wildman–Crippen MR) is 90.4 cm³/mol. The smallest absolute Gasteiger partial charge is 0.392 e. The number of rotatable bonds is 2. The zero-order valence-electron chi connectivity index (χ0n) is 14.9. The van der Waals surface area contributed by atoms with Gasteiger partial charge in [-0.15, -0.1) is 0 Å². The minimum atomic E-state index is -2.67. The largest absolute Gasteiger partial charge is 0.412 e. The van der Waals surface area contributed by atoms with Crippen LogP contribution < -0.4 is 0 Å². The summed E-state index contributed by atoms with van der Waals surface area (Å²) in [5, 5.41) is 0. The first-order valence-corrected chi connectivity index (χ1v) is 9.98. The fourth-order valence-corrected chi connectivity index (χ4v) is 1.73. The molecule has 0 aliphatic rings. The molecule has 19 heteroatoms. The van der Waals surface area contributed by atoms with Crippen LogP contribution in [0.5, 0.6) is 0 Å². The number of carbonyl (C=O) groups is 2. The van der Waals surface area contributed by atoms with Crippen LogP contribution in [0.4, 0.5) is 48.1 Å². The Labute approximate surface area is 179 Å². The van der Waals surface area contributed by atoms with E-state index in [0.717, 1.165) is 0 Å². The molecule has 2 N–H and O–H groups in total. The first-order valence-electron chi connectivity index (χ1n) is 7.06. The monoisotopic (exact) mass is 534 g/mol. The molecule has 0 amide bonds. The van der Waals surface area contributed by atoms with Crippen molar-refractivity contribution in [1.29, 1.82) is 0 Å². The molecular weight excluding hydrogens is 530 g/mol. The minimum Gasteiger partial charge on any atom is -0.412 e. The Hall–Kier alpha value is -2.51. The highest BCUT2D eigenvalue weighted by atomic mass is 32.0. The zero-order valence-corrected chi connectivity index (χ0v) is 16.9. The van der Waals surface area contributed by atoms with Gasteiger partial charge in [-0.3, -0.25) is 0 Å². The Morgan fingerprint density at radius 3 is 0.909 bits per heavy atom. The van der Waals surface area contributed by atoms with Crippen molar-refractivity contribution in [3.05, 3.63) is 69.3 Å². The summed E-state index contributed by atoms with van der Waals surface area (Å²) in [6.45, 7) is 0. The number of carbonyl (C=O) groups excluding carboxylic acids is 2. The third kappa shape index (κ3) is 6.52. The molecule has 180 valence electrons.